The Balaban J connectivity index is 2.33. The number of anilines is 1. The normalized spacial score (nSPS) is 11.0. The van der Waals surface area contributed by atoms with E-state index in [4.69, 9.17) is 11.6 Å². The Morgan fingerprint density at radius 3 is 2.79 bits per heavy atom. The average molecular weight is 518 g/mol. The van der Waals surface area contributed by atoms with Crippen LogP contribution in [0.1, 0.15) is 11.1 Å². The molecule has 0 aromatic heterocycles. The Hall–Kier alpha value is -1.56. The number of phenols is 1. The highest BCUT2D eigenvalue weighted by Crippen LogP contribution is 2.31. The van der Waals surface area contributed by atoms with E-state index in [1.54, 1.807) is 37.3 Å². The number of nitrogens with one attached hydrogen (secondary N) is 1. The first kappa shape index (κ1) is 18.8. The molecule has 0 atom stereocenters. The molecule has 0 radical (unpaired) electrons. The lowest BCUT2D eigenvalue weighted by molar-refractivity contribution is -0.112. The minimum Gasteiger partial charge on any atom is -0.506 e. The van der Waals surface area contributed by atoms with Crippen LogP contribution in [-0.4, -0.2) is 11.0 Å². The molecule has 122 valence electrons. The van der Waals surface area contributed by atoms with Crippen LogP contribution in [0.3, 0.4) is 0 Å². The molecule has 0 unspecified atom stereocenters. The number of hydrogen-bond acceptors (Lipinski definition) is 3. The number of rotatable bonds is 3. The third-order valence-corrected chi connectivity index (χ3v) is 5.07. The maximum absolute atomic E-state index is 12.3. The van der Waals surface area contributed by atoms with Gasteiger partial charge < -0.3 is 10.4 Å². The van der Waals surface area contributed by atoms with Gasteiger partial charge in [0.25, 0.3) is 5.91 Å². The molecule has 0 heterocycles. The smallest absolute Gasteiger partial charge is 0.266 e. The predicted molar refractivity (Wildman–Crippen MR) is 107 cm³/mol. The van der Waals surface area contributed by atoms with Crippen molar-refractivity contribution < 1.29 is 9.90 Å². The van der Waals surface area contributed by atoms with Gasteiger partial charge in [0.05, 0.1) is 8.04 Å². The zero-order valence-electron chi connectivity index (χ0n) is 12.4. The summed E-state index contributed by atoms with van der Waals surface area (Å²) in [5.74, 6) is -0.410. The molecule has 2 aromatic carbocycles. The third-order valence-electron chi connectivity index (χ3n) is 3.23. The molecule has 0 spiro atoms. The number of nitrogens with zero attached hydrogens (tertiary/aromatic N) is 1. The molecule has 0 aliphatic rings. The van der Waals surface area contributed by atoms with Crippen molar-refractivity contribution in [2.24, 2.45) is 0 Å². The number of benzene rings is 2. The largest absolute Gasteiger partial charge is 0.506 e. The van der Waals surface area contributed by atoms with Crippen LogP contribution in [0.15, 0.2) is 40.4 Å². The van der Waals surface area contributed by atoms with Crippen molar-refractivity contribution in [3.8, 4) is 11.8 Å². The molecular formula is C17H11BrClIN2O2. The van der Waals surface area contributed by atoms with E-state index in [2.05, 4.69) is 21.2 Å². The molecule has 0 bridgehead atoms. The number of aromatic hydroxyl groups is 1. The van der Waals surface area contributed by atoms with Crippen molar-refractivity contribution >= 4 is 67.8 Å². The minimum absolute atomic E-state index is 0.0530. The Morgan fingerprint density at radius 1 is 1.46 bits per heavy atom. The second-order valence-corrected chi connectivity index (χ2v) is 7.29. The second-order valence-electron chi connectivity index (χ2n) is 4.87. The monoisotopic (exact) mass is 516 g/mol. The number of amides is 1. The van der Waals surface area contributed by atoms with Gasteiger partial charge in [-0.25, -0.2) is 0 Å². The Morgan fingerprint density at radius 2 is 2.17 bits per heavy atom. The average Bonchev–Trinajstić information content (AvgIpc) is 2.54. The fraction of sp³-hybridized carbons (Fsp3) is 0.0588. The highest BCUT2D eigenvalue weighted by atomic mass is 127. The van der Waals surface area contributed by atoms with Gasteiger partial charge in [-0.1, -0.05) is 17.7 Å². The van der Waals surface area contributed by atoms with E-state index in [9.17, 15) is 15.2 Å². The van der Waals surface area contributed by atoms with E-state index >= 15 is 0 Å². The molecule has 0 saturated carbocycles. The first-order chi connectivity index (χ1) is 11.3. The molecule has 24 heavy (non-hydrogen) atoms. The lowest BCUT2D eigenvalue weighted by Crippen LogP contribution is -2.14. The van der Waals surface area contributed by atoms with Crippen LogP contribution in [-0.2, 0) is 4.79 Å². The molecule has 2 rings (SSSR count). The van der Waals surface area contributed by atoms with Crippen LogP contribution in [0.25, 0.3) is 6.08 Å². The fourth-order valence-electron chi connectivity index (χ4n) is 1.92. The van der Waals surface area contributed by atoms with E-state index in [-0.39, 0.29) is 11.3 Å². The van der Waals surface area contributed by atoms with Crippen LogP contribution in [0.5, 0.6) is 5.75 Å². The number of phenolic OH excluding ortho intramolecular Hbond substituents is 1. The summed E-state index contributed by atoms with van der Waals surface area (Å²) in [6, 6.07) is 10.4. The van der Waals surface area contributed by atoms with Gasteiger partial charge in [0.15, 0.2) is 0 Å². The molecule has 0 fully saturated rings. The van der Waals surface area contributed by atoms with Gasteiger partial charge in [-0.3, -0.25) is 4.79 Å². The van der Waals surface area contributed by atoms with E-state index in [1.165, 1.54) is 6.08 Å². The van der Waals surface area contributed by atoms with Crippen molar-refractivity contribution in [3.05, 3.63) is 60.1 Å². The van der Waals surface area contributed by atoms with Crippen molar-refractivity contribution in [1.82, 2.24) is 0 Å². The number of carbonyl (C=O) groups excluding carboxylic acids is 1. The summed E-state index contributed by atoms with van der Waals surface area (Å²) in [5, 5.41) is 22.3. The van der Waals surface area contributed by atoms with E-state index in [0.29, 0.717) is 24.3 Å². The van der Waals surface area contributed by atoms with Crippen molar-refractivity contribution in [2.75, 3.05) is 5.32 Å². The lowest BCUT2D eigenvalue weighted by Gasteiger charge is -2.09. The summed E-state index contributed by atoms with van der Waals surface area (Å²) in [5.41, 5.74) is 1.85. The molecule has 0 aliphatic heterocycles. The molecule has 2 aromatic rings. The predicted octanol–water partition coefficient (Wildman–Crippen LogP) is 5.27. The summed E-state index contributed by atoms with van der Waals surface area (Å²) in [4.78, 5) is 12.3. The topological polar surface area (TPSA) is 73.1 Å². The number of hydrogen-bond donors (Lipinski definition) is 2. The van der Waals surface area contributed by atoms with Crippen LogP contribution in [0.2, 0.25) is 5.02 Å². The fourth-order valence-corrected chi connectivity index (χ4v) is 3.59. The second kappa shape index (κ2) is 8.01. The van der Waals surface area contributed by atoms with Gasteiger partial charge in [0.2, 0.25) is 0 Å². The quantitative estimate of drug-likeness (QED) is 0.331. The van der Waals surface area contributed by atoms with Crippen molar-refractivity contribution in [3.63, 3.8) is 0 Å². The Bertz CT molecular complexity index is 868. The van der Waals surface area contributed by atoms with Gasteiger partial charge >= 0.3 is 0 Å². The van der Waals surface area contributed by atoms with Crippen LogP contribution in [0.4, 0.5) is 5.69 Å². The van der Waals surface area contributed by atoms with Crippen LogP contribution < -0.4 is 5.32 Å². The van der Waals surface area contributed by atoms with Crippen LogP contribution >= 0.6 is 50.1 Å². The van der Waals surface area contributed by atoms with Gasteiger partial charge in [-0.2, -0.15) is 5.26 Å². The molecule has 4 nitrogen and oxygen atoms in total. The first-order valence-electron chi connectivity index (χ1n) is 6.69. The molecular weight excluding hydrogens is 506 g/mol. The molecule has 1 amide bonds. The maximum Gasteiger partial charge on any atom is 0.266 e. The highest BCUT2D eigenvalue weighted by molar-refractivity contribution is 14.1. The minimum atomic E-state index is -0.526. The van der Waals surface area contributed by atoms with Gasteiger partial charge in [-0.15, -0.1) is 0 Å². The van der Waals surface area contributed by atoms with E-state index < -0.39 is 5.91 Å². The van der Waals surface area contributed by atoms with Gasteiger partial charge in [0, 0.05) is 10.7 Å². The van der Waals surface area contributed by atoms with E-state index in [0.717, 1.165) is 5.56 Å². The highest BCUT2D eigenvalue weighted by Gasteiger charge is 2.13. The lowest BCUT2D eigenvalue weighted by atomic mass is 10.1. The molecule has 7 heteroatoms. The summed E-state index contributed by atoms with van der Waals surface area (Å²) in [6.07, 6.45) is 1.46. The molecule has 0 saturated heterocycles. The van der Waals surface area contributed by atoms with Gasteiger partial charge in [0.1, 0.15) is 17.4 Å². The summed E-state index contributed by atoms with van der Waals surface area (Å²) >= 11 is 11.2. The summed E-state index contributed by atoms with van der Waals surface area (Å²) < 4.78 is 1.10. The molecule has 0 aliphatic carbocycles. The Kier molecular flexibility index (Phi) is 6.27. The SMILES string of the molecule is Cc1c(Cl)cccc1NC(=O)/C(C#N)=C\c1cc(Br)c(O)c(I)c1. The number of halogens is 3. The summed E-state index contributed by atoms with van der Waals surface area (Å²) in [6.45, 7) is 1.78. The Labute approximate surface area is 166 Å². The van der Waals surface area contributed by atoms with Crippen molar-refractivity contribution in [1.29, 1.82) is 5.26 Å². The van der Waals surface area contributed by atoms with E-state index in [1.807, 2.05) is 28.7 Å². The standard InChI is InChI=1S/C17H11BrClIN2O2/c1-9-13(19)3-2-4-15(9)22-17(24)11(8-21)5-10-6-12(18)16(23)14(20)7-10/h2-7,23H,1H3,(H,22,24)/b11-5-. The zero-order chi connectivity index (χ0) is 17.9. The first-order valence-corrected chi connectivity index (χ1v) is 8.94. The van der Waals surface area contributed by atoms with Crippen molar-refractivity contribution in [2.45, 2.75) is 6.92 Å². The van der Waals surface area contributed by atoms with Gasteiger partial charge in [-0.05, 0) is 86.9 Å². The maximum atomic E-state index is 12.3. The number of carbonyl (C=O) groups is 1. The number of nitriles is 1. The summed E-state index contributed by atoms with van der Waals surface area (Å²) in [7, 11) is 0. The molecule has 2 N–H and O–H groups in total. The zero-order valence-corrected chi connectivity index (χ0v) is 16.9. The third kappa shape index (κ3) is 4.29. The van der Waals surface area contributed by atoms with Crippen LogP contribution in [0, 0.1) is 21.8 Å².